The van der Waals surface area contributed by atoms with Gasteiger partial charge in [0.15, 0.2) is 0 Å². The van der Waals surface area contributed by atoms with Gasteiger partial charge in [0.1, 0.15) is 11.6 Å². The third kappa shape index (κ3) is 4.32. The number of amides is 1. The number of halogens is 3. The number of hydrogen-bond donors (Lipinski definition) is 1. The molecule has 3 nitrogen and oxygen atoms in total. The van der Waals surface area contributed by atoms with Crippen LogP contribution in [0.4, 0.5) is 5.69 Å². The summed E-state index contributed by atoms with van der Waals surface area (Å²) in [6.07, 6.45) is 1.51. The first kappa shape index (κ1) is 16.1. The lowest BCUT2D eigenvalue weighted by atomic mass is 10.2. The molecule has 1 N–H and O–H groups in total. The Hall–Kier alpha value is -1.32. The maximum Gasteiger partial charge on any atom is 0.266 e. The lowest BCUT2D eigenvalue weighted by Crippen LogP contribution is -2.13. The summed E-state index contributed by atoms with van der Waals surface area (Å²) in [6.45, 7) is 0. The van der Waals surface area contributed by atoms with Gasteiger partial charge in [0, 0.05) is 5.02 Å². The van der Waals surface area contributed by atoms with E-state index in [1.54, 1.807) is 12.1 Å². The van der Waals surface area contributed by atoms with Crippen molar-refractivity contribution in [3.8, 4) is 6.07 Å². The Labute approximate surface area is 143 Å². The molecule has 2 rings (SSSR count). The molecule has 0 saturated carbocycles. The van der Waals surface area contributed by atoms with Gasteiger partial charge in [0.05, 0.1) is 14.5 Å². The Bertz CT molecular complexity index is 765. The molecule has 0 aliphatic carbocycles. The first-order chi connectivity index (χ1) is 9.99. The summed E-state index contributed by atoms with van der Waals surface area (Å²) in [4.78, 5) is 12.1. The molecule has 0 spiro atoms. The fourth-order valence-electron chi connectivity index (χ4n) is 1.49. The lowest BCUT2D eigenvalue weighted by molar-refractivity contribution is -0.112. The Morgan fingerprint density at radius 3 is 2.71 bits per heavy atom. The van der Waals surface area contributed by atoms with Crippen molar-refractivity contribution in [2.45, 2.75) is 0 Å². The van der Waals surface area contributed by atoms with Crippen LogP contribution >= 0.6 is 50.5 Å². The predicted molar refractivity (Wildman–Crippen MR) is 90.7 cm³/mol. The third-order valence-corrected chi connectivity index (χ3v) is 4.51. The van der Waals surface area contributed by atoms with Crippen LogP contribution in [-0.4, -0.2) is 5.91 Å². The number of benzene rings is 1. The Morgan fingerprint density at radius 1 is 1.38 bits per heavy atom. The van der Waals surface area contributed by atoms with Crippen molar-refractivity contribution in [3.63, 3.8) is 0 Å². The fraction of sp³-hybridized carbons (Fsp3) is 0. The lowest BCUT2D eigenvalue weighted by Gasteiger charge is -2.06. The SMILES string of the molecule is N#C/C(=C\c1csc(Br)c1)C(=O)Nc1ccc(Cl)cc1Cl. The van der Waals surface area contributed by atoms with Crippen LogP contribution in [0.2, 0.25) is 10.0 Å². The molecule has 0 radical (unpaired) electrons. The van der Waals surface area contributed by atoms with Crippen LogP contribution in [0.5, 0.6) is 0 Å². The van der Waals surface area contributed by atoms with Gasteiger partial charge in [-0.15, -0.1) is 11.3 Å². The molecule has 1 aromatic carbocycles. The van der Waals surface area contributed by atoms with Crippen molar-refractivity contribution in [1.82, 2.24) is 0 Å². The fourth-order valence-corrected chi connectivity index (χ4v) is 3.08. The van der Waals surface area contributed by atoms with Crippen molar-refractivity contribution in [3.05, 3.63) is 54.6 Å². The number of nitrogens with one attached hydrogen (secondary N) is 1. The zero-order valence-corrected chi connectivity index (χ0v) is 14.3. The number of thiophene rings is 1. The van der Waals surface area contributed by atoms with Crippen LogP contribution < -0.4 is 5.32 Å². The van der Waals surface area contributed by atoms with E-state index in [4.69, 9.17) is 28.5 Å². The van der Waals surface area contributed by atoms with E-state index >= 15 is 0 Å². The van der Waals surface area contributed by atoms with Crippen LogP contribution in [0, 0.1) is 11.3 Å². The maximum absolute atomic E-state index is 12.1. The molecule has 0 fully saturated rings. The van der Waals surface area contributed by atoms with Crippen molar-refractivity contribution in [2.75, 3.05) is 5.32 Å². The molecule has 1 heterocycles. The molecule has 1 aromatic heterocycles. The van der Waals surface area contributed by atoms with Crippen molar-refractivity contribution < 1.29 is 4.79 Å². The minimum Gasteiger partial charge on any atom is -0.320 e. The second-order valence-corrected chi connectivity index (χ2v) is 7.07. The quantitative estimate of drug-likeness (QED) is 0.555. The number of nitrogens with zero attached hydrogens (tertiary/aromatic N) is 1. The molecule has 106 valence electrons. The average Bonchev–Trinajstić information content (AvgIpc) is 2.84. The van der Waals surface area contributed by atoms with Crippen molar-refractivity contribution >= 4 is 68.1 Å². The van der Waals surface area contributed by atoms with E-state index in [1.165, 1.54) is 23.5 Å². The van der Waals surface area contributed by atoms with E-state index in [-0.39, 0.29) is 5.57 Å². The van der Waals surface area contributed by atoms with Crippen LogP contribution in [0.1, 0.15) is 5.56 Å². The van der Waals surface area contributed by atoms with Gasteiger partial charge in [-0.25, -0.2) is 0 Å². The Balaban J connectivity index is 2.21. The second-order valence-electron chi connectivity index (χ2n) is 3.93. The molecule has 0 unspecified atom stereocenters. The molecule has 0 aliphatic rings. The van der Waals surface area contributed by atoms with Crippen LogP contribution in [0.25, 0.3) is 6.08 Å². The Morgan fingerprint density at radius 2 is 2.14 bits per heavy atom. The largest absolute Gasteiger partial charge is 0.320 e. The minimum atomic E-state index is -0.524. The standard InChI is InChI=1S/C14H7BrCl2N2OS/c15-13-4-8(7-21-13)3-9(6-18)14(20)19-12-2-1-10(16)5-11(12)17/h1-5,7H,(H,19,20)/b9-3+. The predicted octanol–water partition coefficient (Wildman–Crippen LogP) is 5.36. The summed E-state index contributed by atoms with van der Waals surface area (Å²) in [6, 6.07) is 8.41. The first-order valence-electron chi connectivity index (χ1n) is 5.62. The summed E-state index contributed by atoms with van der Waals surface area (Å²) in [7, 11) is 0. The molecule has 2 aromatic rings. The van der Waals surface area contributed by atoms with Crippen LogP contribution in [0.15, 0.2) is 39.0 Å². The number of carbonyl (C=O) groups is 1. The van der Waals surface area contributed by atoms with Gasteiger partial charge in [-0.2, -0.15) is 5.26 Å². The molecule has 21 heavy (non-hydrogen) atoms. The van der Waals surface area contributed by atoms with E-state index in [1.807, 2.05) is 17.5 Å². The van der Waals surface area contributed by atoms with E-state index in [9.17, 15) is 4.79 Å². The maximum atomic E-state index is 12.1. The molecule has 0 saturated heterocycles. The van der Waals surface area contributed by atoms with Crippen molar-refractivity contribution in [1.29, 1.82) is 5.26 Å². The van der Waals surface area contributed by atoms with Gasteiger partial charge in [0.25, 0.3) is 5.91 Å². The molecule has 7 heteroatoms. The highest BCUT2D eigenvalue weighted by Gasteiger charge is 2.12. The van der Waals surface area contributed by atoms with Gasteiger partial charge in [-0.3, -0.25) is 4.79 Å². The van der Waals surface area contributed by atoms with Crippen LogP contribution in [0.3, 0.4) is 0 Å². The highest BCUT2D eigenvalue weighted by atomic mass is 79.9. The summed E-state index contributed by atoms with van der Waals surface area (Å²) >= 11 is 16.6. The zero-order chi connectivity index (χ0) is 15.4. The molecular weight excluding hydrogens is 395 g/mol. The number of anilines is 1. The second kappa shape index (κ2) is 7.10. The van der Waals surface area contributed by atoms with Crippen molar-refractivity contribution in [2.24, 2.45) is 0 Å². The first-order valence-corrected chi connectivity index (χ1v) is 8.04. The molecule has 0 aliphatic heterocycles. The summed E-state index contributed by atoms with van der Waals surface area (Å²) in [5.41, 5.74) is 1.17. The monoisotopic (exact) mass is 400 g/mol. The van der Waals surface area contributed by atoms with Gasteiger partial charge >= 0.3 is 0 Å². The van der Waals surface area contributed by atoms with E-state index in [0.717, 1.165) is 9.35 Å². The van der Waals surface area contributed by atoms with Gasteiger partial charge in [-0.1, -0.05) is 23.2 Å². The van der Waals surface area contributed by atoms with E-state index in [0.29, 0.717) is 15.7 Å². The van der Waals surface area contributed by atoms with Gasteiger partial charge < -0.3 is 5.32 Å². The molecular formula is C14H7BrCl2N2OS. The van der Waals surface area contributed by atoms with Crippen LogP contribution in [-0.2, 0) is 4.79 Å². The summed E-state index contributed by atoms with van der Waals surface area (Å²) in [5, 5.41) is 14.3. The summed E-state index contributed by atoms with van der Waals surface area (Å²) < 4.78 is 0.923. The third-order valence-electron chi connectivity index (χ3n) is 2.44. The highest BCUT2D eigenvalue weighted by molar-refractivity contribution is 9.11. The smallest absolute Gasteiger partial charge is 0.266 e. The highest BCUT2D eigenvalue weighted by Crippen LogP contribution is 2.26. The van der Waals surface area contributed by atoms with E-state index in [2.05, 4.69) is 21.2 Å². The number of nitriles is 1. The van der Waals surface area contributed by atoms with E-state index < -0.39 is 5.91 Å². The normalized spacial score (nSPS) is 11.0. The number of rotatable bonds is 3. The zero-order valence-electron chi connectivity index (χ0n) is 10.4. The number of carbonyl (C=O) groups excluding carboxylic acids is 1. The van der Waals surface area contributed by atoms with Gasteiger partial charge in [0.2, 0.25) is 0 Å². The number of hydrogen-bond acceptors (Lipinski definition) is 3. The molecule has 0 atom stereocenters. The minimum absolute atomic E-state index is 0.00804. The topological polar surface area (TPSA) is 52.9 Å². The molecule has 0 bridgehead atoms. The molecule has 1 amide bonds. The summed E-state index contributed by atoms with van der Waals surface area (Å²) in [5.74, 6) is -0.524. The van der Waals surface area contributed by atoms with Gasteiger partial charge in [-0.05, 0) is 57.2 Å². The Kier molecular flexibility index (Phi) is 5.43. The average molecular weight is 402 g/mol.